The highest BCUT2D eigenvalue weighted by Crippen LogP contribution is 2.30. The van der Waals surface area contributed by atoms with Gasteiger partial charge in [-0.15, -0.1) is 0 Å². The molecule has 0 radical (unpaired) electrons. The number of fused-ring (bicyclic) bond motifs is 1. The Morgan fingerprint density at radius 1 is 1.07 bits per heavy atom. The van der Waals surface area contributed by atoms with Gasteiger partial charge in [0, 0.05) is 38.9 Å². The van der Waals surface area contributed by atoms with Gasteiger partial charge in [0.05, 0.1) is 5.69 Å². The number of aromatic nitrogens is 3. The molecule has 0 unspecified atom stereocenters. The van der Waals surface area contributed by atoms with Crippen molar-refractivity contribution in [2.45, 2.75) is 19.3 Å². The Morgan fingerprint density at radius 3 is 2.86 bits per heavy atom. The molecule has 1 fully saturated rings. The third-order valence-electron chi connectivity index (χ3n) is 5.35. The van der Waals surface area contributed by atoms with Crippen molar-refractivity contribution < 1.29 is 4.79 Å². The molecule has 2 aliphatic heterocycles. The Kier molecular flexibility index (Phi) is 6.04. The molecular weight excluding hydrogens is 368 g/mol. The van der Waals surface area contributed by atoms with Gasteiger partial charge in [0.25, 0.3) is 0 Å². The summed E-state index contributed by atoms with van der Waals surface area (Å²) in [7, 11) is 2.15. The van der Waals surface area contributed by atoms with Crippen molar-refractivity contribution in [3.05, 3.63) is 30.7 Å². The molecule has 0 spiro atoms. The molecule has 2 aromatic rings. The second kappa shape index (κ2) is 9.04. The van der Waals surface area contributed by atoms with Gasteiger partial charge < -0.3 is 15.1 Å². The zero-order valence-electron chi connectivity index (χ0n) is 16.8. The first-order valence-electron chi connectivity index (χ1n) is 10.2. The van der Waals surface area contributed by atoms with Crippen LogP contribution >= 0.6 is 0 Å². The molecule has 0 saturated carbocycles. The third kappa shape index (κ3) is 4.73. The van der Waals surface area contributed by atoms with E-state index in [0.29, 0.717) is 18.2 Å². The van der Waals surface area contributed by atoms with E-state index in [9.17, 15) is 4.79 Å². The maximum absolute atomic E-state index is 13.0. The molecule has 1 saturated heterocycles. The second-order valence-corrected chi connectivity index (χ2v) is 7.49. The zero-order valence-corrected chi connectivity index (χ0v) is 16.8. The summed E-state index contributed by atoms with van der Waals surface area (Å²) in [6.07, 6.45) is 6.04. The minimum Gasteiger partial charge on any atom is -0.382 e. The quantitative estimate of drug-likeness (QED) is 0.805. The fraction of sp³-hybridized carbons (Fsp3) is 0.500. The summed E-state index contributed by atoms with van der Waals surface area (Å²) < 4.78 is 0. The monoisotopic (exact) mass is 396 g/mol. The number of carbonyl (C=O) groups excluding carboxylic acids is 1. The lowest BCUT2D eigenvalue weighted by atomic mass is 10.2. The fourth-order valence-electron chi connectivity index (χ4n) is 3.70. The molecule has 0 bridgehead atoms. The molecule has 9 nitrogen and oxygen atoms in total. The van der Waals surface area contributed by atoms with Crippen molar-refractivity contribution in [1.29, 1.82) is 0 Å². The number of rotatable bonds is 2. The smallest absolute Gasteiger partial charge is 0.328 e. The molecule has 2 aromatic heterocycles. The topological polar surface area (TPSA) is 89.5 Å². The maximum Gasteiger partial charge on any atom is 0.328 e. The van der Waals surface area contributed by atoms with E-state index >= 15 is 0 Å². The van der Waals surface area contributed by atoms with Crippen LogP contribution in [0.25, 0.3) is 0 Å². The predicted molar refractivity (Wildman–Crippen MR) is 115 cm³/mol. The molecule has 2 N–H and O–H groups in total. The number of pyridine rings is 1. The van der Waals surface area contributed by atoms with Crippen LogP contribution in [0.2, 0.25) is 0 Å². The molecule has 29 heavy (non-hydrogen) atoms. The van der Waals surface area contributed by atoms with E-state index in [-0.39, 0.29) is 6.03 Å². The molecule has 4 rings (SSSR count). The number of hydrogen-bond acceptors (Lipinski definition) is 7. The highest BCUT2D eigenvalue weighted by molar-refractivity contribution is 6.02. The Morgan fingerprint density at radius 2 is 2.00 bits per heavy atom. The first-order chi connectivity index (χ1) is 14.2. The number of likely N-dealkylation sites (N-methyl/N-ethyl adjacent to an activating group) is 1. The van der Waals surface area contributed by atoms with E-state index in [4.69, 9.17) is 4.98 Å². The van der Waals surface area contributed by atoms with Gasteiger partial charge >= 0.3 is 6.03 Å². The SMILES string of the molecule is CN1CCCN(c2ccc3c(n2)N(C(=O)Nc2ccncn2)CCCCN3)CC1. The summed E-state index contributed by atoms with van der Waals surface area (Å²) in [5.41, 5.74) is 0.887. The van der Waals surface area contributed by atoms with Crippen LogP contribution in [0.4, 0.5) is 27.9 Å². The van der Waals surface area contributed by atoms with Crippen LogP contribution in [0.5, 0.6) is 0 Å². The van der Waals surface area contributed by atoms with Gasteiger partial charge in [0.2, 0.25) is 0 Å². The van der Waals surface area contributed by atoms with Crippen LogP contribution in [0, 0.1) is 0 Å². The number of carbonyl (C=O) groups is 1. The molecule has 9 heteroatoms. The van der Waals surface area contributed by atoms with E-state index < -0.39 is 0 Å². The summed E-state index contributed by atoms with van der Waals surface area (Å²) in [5, 5.41) is 6.29. The third-order valence-corrected chi connectivity index (χ3v) is 5.35. The molecule has 154 valence electrons. The minimum atomic E-state index is -0.228. The Labute approximate surface area is 171 Å². The van der Waals surface area contributed by atoms with Crippen LogP contribution in [-0.2, 0) is 0 Å². The number of nitrogens with zero attached hydrogens (tertiary/aromatic N) is 6. The Bertz CT molecular complexity index is 830. The van der Waals surface area contributed by atoms with Crippen molar-refractivity contribution in [3.63, 3.8) is 0 Å². The molecule has 0 atom stereocenters. The summed E-state index contributed by atoms with van der Waals surface area (Å²) in [5.74, 6) is 2.07. The van der Waals surface area contributed by atoms with E-state index in [1.165, 1.54) is 6.33 Å². The first-order valence-corrected chi connectivity index (χ1v) is 10.2. The number of nitrogens with one attached hydrogen (secondary N) is 2. The molecule has 0 aromatic carbocycles. The lowest BCUT2D eigenvalue weighted by Gasteiger charge is -2.29. The molecule has 4 heterocycles. The Balaban J connectivity index is 1.61. The second-order valence-electron chi connectivity index (χ2n) is 7.49. The zero-order chi connectivity index (χ0) is 20.1. The van der Waals surface area contributed by atoms with Crippen molar-refractivity contribution in [2.75, 3.05) is 66.7 Å². The minimum absolute atomic E-state index is 0.228. The number of amides is 2. The van der Waals surface area contributed by atoms with Crippen molar-refractivity contribution in [3.8, 4) is 0 Å². The largest absolute Gasteiger partial charge is 0.382 e. The predicted octanol–water partition coefficient (Wildman–Crippen LogP) is 2.26. The lowest BCUT2D eigenvalue weighted by Crippen LogP contribution is -2.38. The number of urea groups is 1. The van der Waals surface area contributed by atoms with Gasteiger partial charge in [-0.2, -0.15) is 0 Å². The van der Waals surface area contributed by atoms with Gasteiger partial charge in [0.15, 0.2) is 5.82 Å². The molecule has 2 aliphatic rings. The standard InChI is InChI=1S/C20H28N8O/c1-26-10-4-11-27(14-13-26)18-6-5-16-19(25-18)28(12-3-2-8-22-16)20(29)24-17-7-9-21-15-23-17/h5-7,9,15,22H,2-4,8,10-14H2,1H3,(H,21,23,24,29). The van der Waals surface area contributed by atoms with E-state index in [2.05, 4.69) is 43.5 Å². The summed E-state index contributed by atoms with van der Waals surface area (Å²) >= 11 is 0. The van der Waals surface area contributed by atoms with Crippen molar-refractivity contribution >= 4 is 29.2 Å². The van der Waals surface area contributed by atoms with E-state index in [1.807, 2.05) is 6.07 Å². The highest BCUT2D eigenvalue weighted by Gasteiger charge is 2.24. The fourth-order valence-corrected chi connectivity index (χ4v) is 3.70. The average Bonchev–Trinajstić information content (AvgIpc) is 2.94. The van der Waals surface area contributed by atoms with Gasteiger partial charge in [-0.05, 0) is 51.1 Å². The van der Waals surface area contributed by atoms with Gasteiger partial charge in [-0.1, -0.05) is 0 Å². The summed E-state index contributed by atoms with van der Waals surface area (Å²) in [4.78, 5) is 32.3. The van der Waals surface area contributed by atoms with Crippen molar-refractivity contribution in [1.82, 2.24) is 19.9 Å². The van der Waals surface area contributed by atoms with E-state index in [1.54, 1.807) is 17.2 Å². The van der Waals surface area contributed by atoms with Gasteiger partial charge in [0.1, 0.15) is 18.0 Å². The van der Waals surface area contributed by atoms with Crippen molar-refractivity contribution in [2.24, 2.45) is 0 Å². The van der Waals surface area contributed by atoms with Gasteiger partial charge in [-0.3, -0.25) is 10.2 Å². The molecular formula is C20H28N8O. The first kappa shape index (κ1) is 19.4. The molecule has 0 aliphatic carbocycles. The van der Waals surface area contributed by atoms with Gasteiger partial charge in [-0.25, -0.2) is 19.7 Å². The summed E-state index contributed by atoms with van der Waals surface area (Å²) in [6.45, 7) is 5.50. The van der Waals surface area contributed by atoms with Crippen LogP contribution < -0.4 is 20.4 Å². The lowest BCUT2D eigenvalue weighted by molar-refractivity contribution is 0.256. The number of hydrogen-bond donors (Lipinski definition) is 2. The Hall–Kier alpha value is -2.94. The number of anilines is 4. The average molecular weight is 396 g/mol. The normalized spacial score (nSPS) is 18.1. The summed E-state index contributed by atoms with van der Waals surface area (Å²) in [6, 6.07) is 5.55. The van der Waals surface area contributed by atoms with Crippen LogP contribution in [0.3, 0.4) is 0 Å². The van der Waals surface area contributed by atoms with E-state index in [0.717, 1.165) is 63.5 Å². The molecule has 2 amide bonds. The highest BCUT2D eigenvalue weighted by atomic mass is 16.2. The van der Waals surface area contributed by atoms with Crippen LogP contribution in [0.1, 0.15) is 19.3 Å². The van der Waals surface area contributed by atoms with Crippen LogP contribution in [0.15, 0.2) is 30.7 Å². The maximum atomic E-state index is 13.0. The van der Waals surface area contributed by atoms with Crippen LogP contribution in [-0.4, -0.2) is 72.2 Å².